The van der Waals surface area contributed by atoms with E-state index < -0.39 is 0 Å². The highest BCUT2D eigenvalue weighted by atomic mass is 79.9. The average Bonchev–Trinajstić information content (AvgIpc) is 2.92. The molecule has 0 saturated heterocycles. The van der Waals surface area contributed by atoms with E-state index in [1.165, 1.54) is 0 Å². The van der Waals surface area contributed by atoms with Crippen molar-refractivity contribution in [2.45, 2.75) is 6.61 Å². The Labute approximate surface area is 138 Å². The Morgan fingerprint density at radius 2 is 1.38 bits per heavy atom. The Morgan fingerprint density at radius 1 is 0.857 bits per heavy atom. The molecule has 0 spiro atoms. The molecule has 0 atom stereocenters. The first-order valence-corrected chi connectivity index (χ1v) is 7.89. The summed E-state index contributed by atoms with van der Waals surface area (Å²) in [5.74, 6) is 0.600. The molecule has 1 aromatic heterocycles. The van der Waals surface area contributed by atoms with Crippen molar-refractivity contribution < 1.29 is 9.63 Å². The second-order valence-corrected chi connectivity index (χ2v) is 6.34. The summed E-state index contributed by atoms with van der Waals surface area (Å²) in [5.41, 5.74) is 3.16. The lowest BCUT2D eigenvalue weighted by atomic mass is 10.0. The molecule has 21 heavy (non-hydrogen) atoms. The van der Waals surface area contributed by atoms with Crippen LogP contribution in [0.2, 0.25) is 0 Å². The van der Waals surface area contributed by atoms with Crippen LogP contribution in [0.25, 0.3) is 22.6 Å². The van der Waals surface area contributed by atoms with E-state index in [0.717, 1.165) is 20.1 Å². The minimum atomic E-state index is -0.125. The molecule has 0 bridgehead atoms. The van der Waals surface area contributed by atoms with Crippen LogP contribution in [0.4, 0.5) is 0 Å². The van der Waals surface area contributed by atoms with Crippen molar-refractivity contribution in [2.75, 3.05) is 0 Å². The highest BCUT2D eigenvalue weighted by molar-refractivity contribution is 9.10. The normalized spacial score (nSPS) is 10.8. The third-order valence-electron chi connectivity index (χ3n) is 3.17. The molecule has 2 aromatic carbocycles. The van der Waals surface area contributed by atoms with Crippen LogP contribution in [-0.4, -0.2) is 10.3 Å². The Balaban J connectivity index is 2.08. The minimum Gasteiger partial charge on any atom is -0.391 e. The van der Waals surface area contributed by atoms with Gasteiger partial charge in [-0.3, -0.25) is 0 Å². The maximum atomic E-state index is 9.70. The van der Waals surface area contributed by atoms with Crippen molar-refractivity contribution >= 4 is 31.9 Å². The highest BCUT2D eigenvalue weighted by Gasteiger charge is 2.18. The zero-order chi connectivity index (χ0) is 14.8. The quantitative estimate of drug-likeness (QED) is 0.661. The average molecular weight is 409 g/mol. The van der Waals surface area contributed by atoms with E-state index in [9.17, 15) is 5.11 Å². The smallest absolute Gasteiger partial charge is 0.173 e. The van der Waals surface area contributed by atoms with Crippen LogP contribution in [0.15, 0.2) is 62.0 Å². The van der Waals surface area contributed by atoms with Gasteiger partial charge in [-0.2, -0.15) is 0 Å². The number of halogens is 2. The van der Waals surface area contributed by atoms with Gasteiger partial charge in [0.15, 0.2) is 5.76 Å². The van der Waals surface area contributed by atoms with Crippen molar-refractivity contribution in [2.24, 2.45) is 0 Å². The van der Waals surface area contributed by atoms with Crippen LogP contribution in [-0.2, 0) is 6.61 Å². The summed E-state index contributed by atoms with van der Waals surface area (Å²) in [6.07, 6.45) is 0. The van der Waals surface area contributed by atoms with Crippen LogP contribution >= 0.6 is 31.9 Å². The van der Waals surface area contributed by atoms with Crippen molar-refractivity contribution in [1.82, 2.24) is 5.16 Å². The largest absolute Gasteiger partial charge is 0.391 e. The molecule has 1 N–H and O–H groups in total. The van der Waals surface area contributed by atoms with Crippen molar-refractivity contribution in [1.29, 1.82) is 0 Å². The lowest BCUT2D eigenvalue weighted by molar-refractivity contribution is 0.281. The van der Waals surface area contributed by atoms with Gasteiger partial charge in [0.2, 0.25) is 0 Å². The molecule has 0 amide bonds. The summed E-state index contributed by atoms with van der Waals surface area (Å²) < 4.78 is 7.44. The van der Waals surface area contributed by atoms with Gasteiger partial charge in [0.05, 0.1) is 12.2 Å². The van der Waals surface area contributed by atoms with Crippen LogP contribution in [0, 0.1) is 0 Å². The number of rotatable bonds is 3. The molecule has 0 radical (unpaired) electrons. The molecule has 0 unspecified atom stereocenters. The molecule has 0 fully saturated rings. The van der Waals surface area contributed by atoms with Gasteiger partial charge in [0, 0.05) is 20.1 Å². The molecule has 5 heteroatoms. The first-order valence-electron chi connectivity index (χ1n) is 6.30. The molecule has 106 valence electrons. The molecule has 3 nitrogen and oxygen atoms in total. The summed E-state index contributed by atoms with van der Waals surface area (Å²) in [6.45, 7) is -0.125. The lowest BCUT2D eigenvalue weighted by Crippen LogP contribution is -1.89. The third-order valence-corrected chi connectivity index (χ3v) is 4.23. The molecular formula is C16H11Br2NO2. The Hall–Kier alpha value is -1.43. The number of hydrogen-bond donors (Lipinski definition) is 1. The number of aliphatic hydroxyl groups is 1. The molecule has 0 aliphatic rings. The third kappa shape index (κ3) is 2.95. The van der Waals surface area contributed by atoms with E-state index >= 15 is 0 Å². The first kappa shape index (κ1) is 14.5. The SMILES string of the molecule is OCc1c(-c2ccc(Br)cc2)noc1-c1ccc(Br)cc1. The molecule has 1 heterocycles. The van der Waals surface area contributed by atoms with Crippen LogP contribution in [0.1, 0.15) is 5.56 Å². The number of nitrogens with zero attached hydrogens (tertiary/aromatic N) is 1. The van der Waals surface area contributed by atoms with E-state index in [1.54, 1.807) is 0 Å². The second kappa shape index (κ2) is 6.13. The predicted molar refractivity (Wildman–Crippen MR) is 88.7 cm³/mol. The molecule has 0 aliphatic heterocycles. The van der Waals surface area contributed by atoms with E-state index in [1.807, 2.05) is 48.5 Å². The fourth-order valence-electron chi connectivity index (χ4n) is 2.12. The van der Waals surface area contributed by atoms with Crippen LogP contribution in [0.3, 0.4) is 0 Å². The zero-order valence-electron chi connectivity index (χ0n) is 10.9. The van der Waals surface area contributed by atoms with Gasteiger partial charge >= 0.3 is 0 Å². The van der Waals surface area contributed by atoms with Crippen LogP contribution < -0.4 is 0 Å². The standard InChI is InChI=1S/C16H11Br2NO2/c17-12-5-1-10(2-6-12)15-14(9-20)16(21-19-15)11-3-7-13(18)8-4-11/h1-8,20H,9H2. The maximum absolute atomic E-state index is 9.70. The second-order valence-electron chi connectivity index (χ2n) is 4.51. The van der Waals surface area contributed by atoms with Crippen molar-refractivity contribution in [3.63, 3.8) is 0 Å². The zero-order valence-corrected chi connectivity index (χ0v) is 14.1. The van der Waals surface area contributed by atoms with Gasteiger partial charge in [-0.05, 0) is 24.3 Å². The summed E-state index contributed by atoms with van der Waals surface area (Å²) >= 11 is 6.81. The fourth-order valence-corrected chi connectivity index (χ4v) is 2.65. The minimum absolute atomic E-state index is 0.125. The Kier molecular flexibility index (Phi) is 4.24. The number of hydrogen-bond acceptors (Lipinski definition) is 3. The van der Waals surface area contributed by atoms with Gasteiger partial charge in [-0.1, -0.05) is 61.3 Å². The summed E-state index contributed by atoms with van der Waals surface area (Å²) in [7, 11) is 0. The Morgan fingerprint density at radius 3 is 1.90 bits per heavy atom. The predicted octanol–water partition coefficient (Wildman–Crippen LogP) is 5.03. The molecule has 3 rings (SSSR count). The molecule has 0 saturated carbocycles. The summed E-state index contributed by atoms with van der Waals surface area (Å²) in [4.78, 5) is 0. The van der Waals surface area contributed by atoms with Gasteiger partial charge in [-0.15, -0.1) is 0 Å². The number of aromatic nitrogens is 1. The first-order chi connectivity index (χ1) is 10.2. The topological polar surface area (TPSA) is 46.3 Å². The van der Waals surface area contributed by atoms with Gasteiger partial charge in [-0.25, -0.2) is 0 Å². The monoisotopic (exact) mass is 407 g/mol. The highest BCUT2D eigenvalue weighted by Crippen LogP contribution is 2.33. The number of aliphatic hydroxyl groups excluding tert-OH is 1. The van der Waals surface area contributed by atoms with Crippen molar-refractivity contribution in [3.05, 3.63) is 63.0 Å². The van der Waals surface area contributed by atoms with Gasteiger partial charge in [0.25, 0.3) is 0 Å². The summed E-state index contributed by atoms with van der Waals surface area (Å²) in [5, 5.41) is 13.8. The van der Waals surface area contributed by atoms with E-state index in [0.29, 0.717) is 17.0 Å². The molecule has 0 aliphatic carbocycles. The molecular weight excluding hydrogens is 398 g/mol. The van der Waals surface area contributed by atoms with Crippen LogP contribution in [0.5, 0.6) is 0 Å². The van der Waals surface area contributed by atoms with Gasteiger partial charge in [0.1, 0.15) is 5.69 Å². The van der Waals surface area contributed by atoms with Crippen molar-refractivity contribution in [3.8, 4) is 22.6 Å². The Bertz CT molecular complexity index is 686. The van der Waals surface area contributed by atoms with E-state index in [2.05, 4.69) is 37.0 Å². The van der Waals surface area contributed by atoms with E-state index in [4.69, 9.17) is 4.52 Å². The molecule has 3 aromatic rings. The number of benzene rings is 2. The lowest BCUT2D eigenvalue weighted by Gasteiger charge is -2.02. The maximum Gasteiger partial charge on any atom is 0.173 e. The van der Waals surface area contributed by atoms with E-state index in [-0.39, 0.29) is 6.61 Å². The summed E-state index contributed by atoms with van der Waals surface area (Å²) in [6, 6.07) is 15.5. The van der Waals surface area contributed by atoms with Gasteiger partial charge < -0.3 is 9.63 Å². The fraction of sp³-hybridized carbons (Fsp3) is 0.0625.